The molecule has 0 saturated carbocycles. The normalized spacial score (nSPS) is 14.2. The summed E-state index contributed by atoms with van der Waals surface area (Å²) in [6, 6.07) is 14.0. The lowest BCUT2D eigenvalue weighted by Gasteiger charge is -2.38. The number of carbonyl (C=O) groups excluding carboxylic acids is 1. The van der Waals surface area contributed by atoms with Crippen LogP contribution in [0.3, 0.4) is 0 Å². The molecule has 0 aromatic heterocycles. The van der Waals surface area contributed by atoms with Crippen molar-refractivity contribution >= 4 is 17.4 Å². The van der Waals surface area contributed by atoms with Gasteiger partial charge in [-0.15, -0.1) is 0 Å². The lowest BCUT2D eigenvalue weighted by Crippen LogP contribution is -2.50. The van der Waals surface area contributed by atoms with Crippen molar-refractivity contribution < 1.29 is 9.53 Å². The summed E-state index contributed by atoms with van der Waals surface area (Å²) in [5.41, 5.74) is 4.95. The highest BCUT2D eigenvalue weighted by Crippen LogP contribution is 2.28. The number of urea groups is 1. The predicted molar refractivity (Wildman–Crippen MR) is 111 cm³/mol. The van der Waals surface area contributed by atoms with Crippen LogP contribution in [0, 0.1) is 0 Å². The van der Waals surface area contributed by atoms with E-state index in [2.05, 4.69) is 42.3 Å². The van der Waals surface area contributed by atoms with Crippen LogP contribution in [-0.2, 0) is 12.8 Å². The van der Waals surface area contributed by atoms with E-state index in [1.165, 1.54) is 16.8 Å². The molecule has 5 nitrogen and oxygen atoms in total. The fourth-order valence-corrected chi connectivity index (χ4v) is 3.63. The topological polar surface area (TPSA) is 44.8 Å². The van der Waals surface area contributed by atoms with E-state index in [1.54, 1.807) is 7.11 Å². The Balaban J connectivity index is 1.62. The zero-order valence-corrected chi connectivity index (χ0v) is 16.5. The van der Waals surface area contributed by atoms with Crippen LogP contribution in [0.15, 0.2) is 42.5 Å². The van der Waals surface area contributed by atoms with Crippen LogP contribution in [0.25, 0.3) is 0 Å². The summed E-state index contributed by atoms with van der Waals surface area (Å²) in [5, 5.41) is 2.98. The predicted octanol–water partition coefficient (Wildman–Crippen LogP) is 4.17. The van der Waals surface area contributed by atoms with Crippen LogP contribution in [-0.4, -0.2) is 44.2 Å². The molecule has 27 heavy (non-hydrogen) atoms. The standard InChI is InChI=1S/C22H29N3O2/c1-4-17-7-6-8-18(5-2)21(17)24-13-15-25(16-14-24)22(26)23-19-9-11-20(27-3)12-10-19/h6-12H,4-5,13-16H2,1-3H3,(H,23,26). The number of aryl methyl sites for hydroxylation is 2. The summed E-state index contributed by atoms with van der Waals surface area (Å²) in [6.45, 7) is 7.58. The number of benzene rings is 2. The van der Waals surface area contributed by atoms with Crippen LogP contribution in [0.4, 0.5) is 16.2 Å². The highest BCUT2D eigenvalue weighted by Gasteiger charge is 2.23. The zero-order chi connectivity index (χ0) is 19.2. The van der Waals surface area contributed by atoms with Crippen molar-refractivity contribution in [3.63, 3.8) is 0 Å². The third-order valence-corrected chi connectivity index (χ3v) is 5.19. The molecule has 0 radical (unpaired) electrons. The van der Waals surface area contributed by atoms with Crippen molar-refractivity contribution in [1.82, 2.24) is 4.90 Å². The lowest BCUT2D eigenvalue weighted by molar-refractivity contribution is 0.208. The number of para-hydroxylation sites is 1. The third kappa shape index (κ3) is 4.35. The number of hydrogen-bond acceptors (Lipinski definition) is 3. The van der Waals surface area contributed by atoms with Gasteiger partial charge in [0.25, 0.3) is 0 Å². The van der Waals surface area contributed by atoms with Gasteiger partial charge in [0.2, 0.25) is 0 Å². The van der Waals surface area contributed by atoms with Crippen LogP contribution < -0.4 is 15.0 Å². The van der Waals surface area contributed by atoms with Gasteiger partial charge in [0.15, 0.2) is 0 Å². The van der Waals surface area contributed by atoms with Gasteiger partial charge in [-0.25, -0.2) is 4.79 Å². The second kappa shape index (κ2) is 8.80. The molecule has 0 spiro atoms. The Kier molecular flexibility index (Phi) is 6.22. The maximum Gasteiger partial charge on any atom is 0.321 e. The quantitative estimate of drug-likeness (QED) is 0.862. The molecule has 1 aliphatic rings. The molecular weight excluding hydrogens is 338 g/mol. The van der Waals surface area contributed by atoms with Gasteiger partial charge in [0, 0.05) is 37.6 Å². The molecule has 0 unspecified atom stereocenters. The molecule has 3 rings (SSSR count). The number of hydrogen-bond donors (Lipinski definition) is 1. The van der Waals surface area contributed by atoms with E-state index in [9.17, 15) is 4.79 Å². The maximum absolute atomic E-state index is 12.6. The number of anilines is 2. The maximum atomic E-state index is 12.6. The average molecular weight is 367 g/mol. The minimum Gasteiger partial charge on any atom is -0.497 e. The van der Waals surface area contributed by atoms with Crippen molar-refractivity contribution in [3.8, 4) is 5.75 Å². The van der Waals surface area contributed by atoms with Gasteiger partial charge in [-0.2, -0.15) is 0 Å². The molecule has 0 bridgehead atoms. The second-order valence-corrected chi connectivity index (χ2v) is 6.76. The Morgan fingerprint density at radius 2 is 1.56 bits per heavy atom. The molecular formula is C22H29N3O2. The van der Waals surface area contributed by atoms with E-state index in [0.717, 1.165) is 50.5 Å². The molecule has 1 heterocycles. The van der Waals surface area contributed by atoms with Gasteiger partial charge in [0.05, 0.1) is 7.11 Å². The summed E-state index contributed by atoms with van der Waals surface area (Å²) < 4.78 is 5.15. The van der Waals surface area contributed by atoms with Gasteiger partial charge in [-0.3, -0.25) is 0 Å². The second-order valence-electron chi connectivity index (χ2n) is 6.76. The Hall–Kier alpha value is -2.69. The number of nitrogens with zero attached hydrogens (tertiary/aromatic N) is 2. The summed E-state index contributed by atoms with van der Waals surface area (Å²) in [4.78, 5) is 16.9. The first kappa shape index (κ1) is 19.1. The van der Waals surface area contributed by atoms with Gasteiger partial charge in [-0.05, 0) is 48.2 Å². The highest BCUT2D eigenvalue weighted by molar-refractivity contribution is 5.89. The number of methoxy groups -OCH3 is 1. The molecule has 5 heteroatoms. The average Bonchev–Trinajstić information content (AvgIpc) is 2.73. The molecule has 0 aliphatic carbocycles. The van der Waals surface area contributed by atoms with Gasteiger partial charge in [0.1, 0.15) is 5.75 Å². The van der Waals surface area contributed by atoms with Crippen molar-refractivity contribution in [1.29, 1.82) is 0 Å². The number of ether oxygens (including phenoxy) is 1. The van der Waals surface area contributed by atoms with E-state index < -0.39 is 0 Å². The van der Waals surface area contributed by atoms with Crippen LogP contribution >= 0.6 is 0 Å². The first-order chi connectivity index (χ1) is 13.2. The fourth-order valence-electron chi connectivity index (χ4n) is 3.63. The molecule has 2 aromatic rings. The van der Waals surface area contributed by atoms with Crippen LogP contribution in [0.2, 0.25) is 0 Å². The molecule has 1 fully saturated rings. The molecule has 144 valence electrons. The summed E-state index contributed by atoms with van der Waals surface area (Å²) >= 11 is 0. The van der Waals surface area contributed by atoms with Crippen molar-refractivity contribution in [2.75, 3.05) is 43.5 Å². The zero-order valence-electron chi connectivity index (χ0n) is 16.5. The van der Waals surface area contributed by atoms with Gasteiger partial charge >= 0.3 is 6.03 Å². The number of rotatable bonds is 5. The van der Waals surface area contributed by atoms with Crippen molar-refractivity contribution in [2.45, 2.75) is 26.7 Å². The number of carbonyl (C=O) groups is 1. The molecule has 1 N–H and O–H groups in total. The minimum atomic E-state index is -0.0423. The lowest BCUT2D eigenvalue weighted by atomic mass is 10.0. The summed E-state index contributed by atoms with van der Waals surface area (Å²) in [5.74, 6) is 0.780. The Bertz CT molecular complexity index is 743. The van der Waals surface area contributed by atoms with Crippen LogP contribution in [0.1, 0.15) is 25.0 Å². The summed E-state index contributed by atoms with van der Waals surface area (Å²) in [7, 11) is 1.63. The smallest absolute Gasteiger partial charge is 0.321 e. The highest BCUT2D eigenvalue weighted by atomic mass is 16.5. The van der Waals surface area contributed by atoms with Gasteiger partial charge in [-0.1, -0.05) is 32.0 Å². The monoisotopic (exact) mass is 367 g/mol. The van der Waals surface area contributed by atoms with Crippen molar-refractivity contribution in [2.24, 2.45) is 0 Å². The Morgan fingerprint density at radius 1 is 0.963 bits per heavy atom. The third-order valence-electron chi connectivity index (χ3n) is 5.19. The molecule has 2 aromatic carbocycles. The van der Waals surface area contributed by atoms with Crippen molar-refractivity contribution in [3.05, 3.63) is 53.6 Å². The molecule has 2 amide bonds. The van der Waals surface area contributed by atoms with Gasteiger partial charge < -0.3 is 19.9 Å². The largest absolute Gasteiger partial charge is 0.497 e. The minimum absolute atomic E-state index is 0.0423. The van der Waals surface area contributed by atoms with E-state index in [-0.39, 0.29) is 6.03 Å². The first-order valence-electron chi connectivity index (χ1n) is 9.72. The van der Waals surface area contributed by atoms with E-state index in [1.807, 2.05) is 29.2 Å². The summed E-state index contributed by atoms with van der Waals surface area (Å²) in [6.07, 6.45) is 2.06. The Morgan fingerprint density at radius 3 is 2.07 bits per heavy atom. The number of piperazine rings is 1. The Labute approximate surface area is 161 Å². The van der Waals surface area contributed by atoms with E-state index in [0.29, 0.717) is 0 Å². The van der Waals surface area contributed by atoms with E-state index >= 15 is 0 Å². The molecule has 1 aliphatic heterocycles. The first-order valence-corrected chi connectivity index (χ1v) is 9.72. The fraction of sp³-hybridized carbons (Fsp3) is 0.409. The number of amides is 2. The number of nitrogens with one attached hydrogen (secondary N) is 1. The van der Waals surface area contributed by atoms with Crippen LogP contribution in [0.5, 0.6) is 5.75 Å². The SMILES string of the molecule is CCc1cccc(CC)c1N1CCN(C(=O)Nc2ccc(OC)cc2)CC1. The molecule has 1 saturated heterocycles. The van der Waals surface area contributed by atoms with E-state index in [4.69, 9.17) is 4.74 Å². The molecule has 0 atom stereocenters.